The average Bonchev–Trinajstić information content (AvgIpc) is 3.04. The molecular formula is C38H48O6P2. The molecule has 0 aromatic heterocycles. The lowest BCUT2D eigenvalue weighted by Crippen LogP contribution is -2.32. The van der Waals surface area contributed by atoms with E-state index >= 15 is 0 Å². The second-order valence-corrected chi connectivity index (χ2v) is 15.7. The summed E-state index contributed by atoms with van der Waals surface area (Å²) in [5, 5.41) is -1.83. The molecular weight excluding hydrogens is 614 g/mol. The van der Waals surface area contributed by atoms with Crippen molar-refractivity contribution in [2.75, 3.05) is 0 Å². The van der Waals surface area contributed by atoms with E-state index in [4.69, 9.17) is 18.5 Å². The maximum Gasteiger partial charge on any atom is 0.278 e. The first-order valence-electron chi connectivity index (χ1n) is 16.1. The summed E-state index contributed by atoms with van der Waals surface area (Å²) in [5.74, 6) is 2.64. The predicted molar refractivity (Wildman–Crippen MR) is 190 cm³/mol. The molecule has 4 aromatic carbocycles. The van der Waals surface area contributed by atoms with E-state index < -0.39 is 26.7 Å². The van der Waals surface area contributed by atoms with Crippen molar-refractivity contribution in [3.8, 4) is 23.0 Å². The van der Waals surface area contributed by atoms with E-state index in [2.05, 4.69) is 0 Å². The standard InChI is InChI=1S/C38H48O6P2/c1-9-37(8,41-35-27(4)14-12-15-28(35)5)45(39)43-33-22-18-31(19-23-33)26-32-20-24-34(25-21-32)44-46(40)38(10-2,11-3)42-36-29(6)16-13-17-30(36)7/h12-25,45-46H,9-11,26H2,1-8H3. The second kappa shape index (κ2) is 15.4. The molecule has 46 heavy (non-hydrogen) atoms. The van der Waals surface area contributed by atoms with Gasteiger partial charge in [-0.25, -0.2) is 0 Å². The highest BCUT2D eigenvalue weighted by atomic mass is 31.1. The van der Waals surface area contributed by atoms with Gasteiger partial charge in [0.1, 0.15) is 23.0 Å². The zero-order valence-electron chi connectivity index (χ0n) is 28.4. The third kappa shape index (κ3) is 8.27. The summed E-state index contributed by atoms with van der Waals surface area (Å²) in [5.41, 5.74) is 6.20. The molecule has 246 valence electrons. The van der Waals surface area contributed by atoms with E-state index in [1.165, 1.54) is 0 Å². The fourth-order valence-corrected chi connectivity index (χ4v) is 7.66. The third-order valence-electron chi connectivity index (χ3n) is 8.74. The number of ether oxygens (including phenoxy) is 2. The van der Waals surface area contributed by atoms with Crippen molar-refractivity contribution >= 4 is 16.1 Å². The summed E-state index contributed by atoms with van der Waals surface area (Å²) in [6.45, 7) is 15.8. The van der Waals surface area contributed by atoms with Crippen LogP contribution in [0.2, 0.25) is 0 Å². The van der Waals surface area contributed by atoms with Crippen molar-refractivity contribution in [3.05, 3.63) is 118 Å². The van der Waals surface area contributed by atoms with Crippen molar-refractivity contribution in [2.45, 2.75) is 91.8 Å². The monoisotopic (exact) mass is 662 g/mol. The molecule has 4 rings (SSSR count). The summed E-state index contributed by atoms with van der Waals surface area (Å²) in [4.78, 5) is 0. The van der Waals surface area contributed by atoms with Crippen LogP contribution in [0, 0.1) is 27.7 Å². The van der Waals surface area contributed by atoms with Crippen LogP contribution in [-0.2, 0) is 15.6 Å². The van der Waals surface area contributed by atoms with Gasteiger partial charge in [-0.1, -0.05) is 81.4 Å². The Morgan fingerprint density at radius 1 is 0.543 bits per heavy atom. The Morgan fingerprint density at radius 3 is 1.33 bits per heavy atom. The Bertz CT molecular complexity index is 1620. The fraction of sp³-hybridized carbons (Fsp3) is 0.368. The lowest BCUT2D eigenvalue weighted by atomic mass is 10.1. The van der Waals surface area contributed by atoms with E-state index in [9.17, 15) is 9.13 Å². The van der Waals surface area contributed by atoms with Crippen LogP contribution in [0.3, 0.4) is 0 Å². The quantitative estimate of drug-likeness (QED) is 0.118. The van der Waals surface area contributed by atoms with Crippen LogP contribution in [0.5, 0.6) is 23.0 Å². The van der Waals surface area contributed by atoms with Crippen molar-refractivity contribution in [3.63, 3.8) is 0 Å². The second-order valence-electron chi connectivity index (χ2n) is 12.2. The summed E-state index contributed by atoms with van der Waals surface area (Å²) >= 11 is 0. The summed E-state index contributed by atoms with van der Waals surface area (Å²) < 4.78 is 51.8. The Hall–Kier alpha value is -3.46. The van der Waals surface area contributed by atoms with Crippen LogP contribution in [0.25, 0.3) is 0 Å². The lowest BCUT2D eigenvalue weighted by molar-refractivity contribution is 0.133. The Kier molecular flexibility index (Phi) is 11.9. The van der Waals surface area contributed by atoms with Crippen molar-refractivity contribution in [2.24, 2.45) is 0 Å². The SMILES string of the molecule is CCC(C)(Oc1c(C)cccc1C)[PH](=O)Oc1ccc(Cc2ccc(O[PH](=O)C(CC)(CC)Oc3c(C)cccc3C)cc2)cc1. The maximum absolute atomic E-state index is 13.6. The van der Waals surface area contributed by atoms with Gasteiger partial charge in [-0.05, 0) is 118 Å². The number of para-hydroxylation sites is 2. The van der Waals surface area contributed by atoms with Gasteiger partial charge in [-0.2, -0.15) is 0 Å². The molecule has 0 saturated carbocycles. The zero-order valence-corrected chi connectivity index (χ0v) is 30.4. The van der Waals surface area contributed by atoms with E-state index in [0.29, 0.717) is 37.2 Å². The van der Waals surface area contributed by atoms with Crippen molar-refractivity contribution < 1.29 is 27.7 Å². The van der Waals surface area contributed by atoms with Gasteiger partial charge < -0.3 is 18.5 Å². The van der Waals surface area contributed by atoms with Gasteiger partial charge >= 0.3 is 0 Å². The minimum Gasteiger partial charge on any atom is -0.476 e. The molecule has 3 unspecified atom stereocenters. The molecule has 0 heterocycles. The molecule has 4 aromatic rings. The topological polar surface area (TPSA) is 71.1 Å². The lowest BCUT2D eigenvalue weighted by Gasteiger charge is -2.33. The highest BCUT2D eigenvalue weighted by Gasteiger charge is 2.38. The van der Waals surface area contributed by atoms with Crippen LogP contribution < -0.4 is 18.5 Å². The number of aryl methyl sites for hydroxylation is 4. The molecule has 0 spiro atoms. The van der Waals surface area contributed by atoms with Gasteiger partial charge in [0, 0.05) is 0 Å². The average molecular weight is 663 g/mol. The molecule has 0 bridgehead atoms. The highest BCUT2D eigenvalue weighted by molar-refractivity contribution is 7.41. The first-order chi connectivity index (χ1) is 21.9. The van der Waals surface area contributed by atoms with Gasteiger partial charge in [0.25, 0.3) is 16.1 Å². The normalized spacial score (nSPS) is 14.2. The molecule has 0 N–H and O–H groups in total. The molecule has 3 atom stereocenters. The van der Waals surface area contributed by atoms with E-state index in [1.54, 1.807) is 0 Å². The van der Waals surface area contributed by atoms with Crippen LogP contribution >= 0.6 is 16.1 Å². The van der Waals surface area contributed by atoms with E-state index in [1.807, 2.05) is 140 Å². The minimum absolute atomic E-state index is 0.544. The molecule has 6 nitrogen and oxygen atoms in total. The Labute approximate surface area is 276 Å². The largest absolute Gasteiger partial charge is 0.476 e. The van der Waals surface area contributed by atoms with Crippen LogP contribution in [0.15, 0.2) is 84.9 Å². The highest BCUT2D eigenvalue weighted by Crippen LogP contribution is 2.48. The summed E-state index contributed by atoms with van der Waals surface area (Å²) in [6.07, 6.45) is 2.37. The van der Waals surface area contributed by atoms with Gasteiger partial charge in [0.15, 0.2) is 10.7 Å². The van der Waals surface area contributed by atoms with Gasteiger partial charge in [-0.15, -0.1) is 0 Å². The Morgan fingerprint density at radius 2 is 0.935 bits per heavy atom. The van der Waals surface area contributed by atoms with Gasteiger partial charge in [0.2, 0.25) is 0 Å². The number of hydrogen-bond acceptors (Lipinski definition) is 6. The first-order valence-corrected chi connectivity index (χ1v) is 18.7. The molecule has 0 fully saturated rings. The molecule has 0 aliphatic rings. The molecule has 0 saturated heterocycles. The smallest absolute Gasteiger partial charge is 0.278 e. The molecule has 0 radical (unpaired) electrons. The van der Waals surface area contributed by atoms with Crippen LogP contribution in [0.1, 0.15) is 80.3 Å². The van der Waals surface area contributed by atoms with Gasteiger partial charge in [-0.3, -0.25) is 9.13 Å². The van der Waals surface area contributed by atoms with Crippen LogP contribution in [-0.4, -0.2) is 10.7 Å². The minimum atomic E-state index is -2.61. The van der Waals surface area contributed by atoms with Crippen LogP contribution in [0.4, 0.5) is 0 Å². The number of rotatable bonds is 15. The molecule has 0 aliphatic heterocycles. The zero-order chi connectivity index (χ0) is 33.5. The summed E-state index contributed by atoms with van der Waals surface area (Å²) in [7, 11) is -5.21. The number of hydrogen-bond donors (Lipinski definition) is 0. The third-order valence-corrected chi connectivity index (χ3v) is 12.5. The van der Waals surface area contributed by atoms with Crippen molar-refractivity contribution in [1.82, 2.24) is 0 Å². The molecule has 0 amide bonds. The van der Waals surface area contributed by atoms with E-state index in [0.717, 1.165) is 44.9 Å². The fourth-order valence-electron chi connectivity index (χ4n) is 5.33. The molecule has 0 aliphatic carbocycles. The first kappa shape index (κ1) is 35.4. The van der Waals surface area contributed by atoms with Crippen molar-refractivity contribution in [1.29, 1.82) is 0 Å². The van der Waals surface area contributed by atoms with E-state index in [-0.39, 0.29) is 0 Å². The Balaban J connectivity index is 1.38. The predicted octanol–water partition coefficient (Wildman–Crippen LogP) is 11.0. The summed E-state index contributed by atoms with van der Waals surface area (Å²) in [6, 6.07) is 27.3. The van der Waals surface area contributed by atoms with Gasteiger partial charge in [0.05, 0.1) is 0 Å². The molecule has 8 heteroatoms. The number of benzene rings is 4. The maximum atomic E-state index is 13.6.